The quantitative estimate of drug-likeness (QED) is 0.748. The highest BCUT2D eigenvalue weighted by molar-refractivity contribution is 5.82. The molecule has 5 heteroatoms. The fraction of sp³-hybridized carbons (Fsp3) is 0.417. The molecule has 1 amide bonds. The van der Waals surface area contributed by atoms with E-state index in [-0.39, 0.29) is 17.9 Å². The molecule has 2 aromatic carbocycles. The van der Waals surface area contributed by atoms with Crippen LogP contribution in [-0.4, -0.2) is 31.8 Å². The maximum atomic E-state index is 12.5. The molecule has 3 fully saturated rings. The molecule has 0 radical (unpaired) electrons. The van der Waals surface area contributed by atoms with E-state index in [9.17, 15) is 9.59 Å². The van der Waals surface area contributed by atoms with Gasteiger partial charge in [-0.3, -0.25) is 0 Å². The molecule has 0 aromatic heterocycles. The zero-order valence-corrected chi connectivity index (χ0v) is 16.5. The number of hydrogen-bond donors (Lipinski definition) is 1. The summed E-state index contributed by atoms with van der Waals surface area (Å²) >= 11 is 0. The summed E-state index contributed by atoms with van der Waals surface area (Å²) in [6.07, 6.45) is 3.56. The topological polar surface area (TPSA) is 64.6 Å². The van der Waals surface area contributed by atoms with Gasteiger partial charge >= 0.3 is 12.1 Å². The van der Waals surface area contributed by atoms with Crippen LogP contribution in [0, 0.1) is 11.3 Å². The number of carbonyl (C=O) groups excluding carboxylic acids is 2. The number of carbonyl (C=O) groups is 2. The first kappa shape index (κ1) is 18.2. The van der Waals surface area contributed by atoms with E-state index in [2.05, 4.69) is 29.6 Å². The number of methoxy groups -OCH3 is 1. The van der Waals surface area contributed by atoms with Gasteiger partial charge < -0.3 is 14.8 Å². The van der Waals surface area contributed by atoms with Gasteiger partial charge in [0.15, 0.2) is 0 Å². The van der Waals surface area contributed by atoms with Crippen LogP contribution < -0.4 is 5.32 Å². The number of nitrogens with one attached hydrogen (secondary N) is 1. The summed E-state index contributed by atoms with van der Waals surface area (Å²) in [5.41, 5.74) is 4.93. The van der Waals surface area contributed by atoms with Crippen molar-refractivity contribution in [1.29, 1.82) is 0 Å². The minimum atomic E-state index is -0.642. The molecule has 0 aliphatic heterocycles. The number of hydrogen-bond acceptors (Lipinski definition) is 4. The molecule has 0 unspecified atom stereocenters. The molecule has 3 saturated carbocycles. The molecule has 5 nitrogen and oxygen atoms in total. The maximum absolute atomic E-state index is 12.5. The van der Waals surface area contributed by atoms with E-state index in [4.69, 9.17) is 9.47 Å². The lowest BCUT2D eigenvalue weighted by Crippen LogP contribution is -2.56. The van der Waals surface area contributed by atoms with Crippen molar-refractivity contribution in [3.05, 3.63) is 59.7 Å². The number of rotatable bonds is 6. The van der Waals surface area contributed by atoms with Crippen LogP contribution in [0.1, 0.15) is 42.7 Å². The minimum Gasteiger partial charge on any atom is -0.467 e. The zero-order valence-electron chi connectivity index (χ0n) is 16.5. The second-order valence-electron chi connectivity index (χ2n) is 8.73. The van der Waals surface area contributed by atoms with Gasteiger partial charge in [0.25, 0.3) is 0 Å². The summed E-state index contributed by atoms with van der Waals surface area (Å²) in [5, 5.41) is 2.75. The van der Waals surface area contributed by atoms with Crippen LogP contribution in [-0.2, 0) is 14.3 Å². The van der Waals surface area contributed by atoms with Crippen molar-refractivity contribution in [2.24, 2.45) is 11.3 Å². The van der Waals surface area contributed by atoms with Crippen LogP contribution in [0.5, 0.6) is 0 Å². The minimum absolute atomic E-state index is 0.00217. The summed E-state index contributed by atoms with van der Waals surface area (Å²) in [4.78, 5) is 24.7. The molecule has 29 heavy (non-hydrogen) atoms. The third-order valence-corrected chi connectivity index (χ3v) is 6.92. The highest BCUT2D eigenvalue weighted by Crippen LogP contribution is 2.66. The molecule has 6 rings (SSSR count). The molecule has 1 N–H and O–H groups in total. The van der Waals surface area contributed by atoms with E-state index in [1.54, 1.807) is 0 Å². The van der Waals surface area contributed by atoms with Gasteiger partial charge in [-0.15, -0.1) is 0 Å². The SMILES string of the molecule is COC(=O)[C@@H](CC12CC(C1)C2)NC(=O)OCC1c2ccccc2-c2ccccc21. The van der Waals surface area contributed by atoms with E-state index < -0.39 is 18.1 Å². The Kier molecular flexibility index (Phi) is 4.34. The van der Waals surface area contributed by atoms with Crippen molar-refractivity contribution in [3.8, 4) is 11.1 Å². The average molecular weight is 391 g/mol. The number of benzene rings is 2. The van der Waals surface area contributed by atoms with Gasteiger partial charge in [-0.1, -0.05) is 48.5 Å². The van der Waals surface area contributed by atoms with Gasteiger partial charge in [-0.2, -0.15) is 0 Å². The van der Waals surface area contributed by atoms with Crippen LogP contribution in [0.4, 0.5) is 4.79 Å². The first-order valence-corrected chi connectivity index (χ1v) is 10.3. The standard InChI is InChI=1S/C24H25NO4/c1-28-22(26)21(13-24-10-15(11-24)12-24)25-23(27)29-14-20-18-8-4-2-6-16(18)17-7-3-5-9-19(17)20/h2-9,15,20-21H,10-14H2,1H3,(H,25,27)/t15?,21-,24?/m1/s1. The summed E-state index contributed by atoms with van der Waals surface area (Å²) in [7, 11) is 1.36. The molecular weight excluding hydrogens is 366 g/mol. The van der Waals surface area contributed by atoms with Gasteiger partial charge in [0.05, 0.1) is 7.11 Å². The van der Waals surface area contributed by atoms with Gasteiger partial charge in [-0.25, -0.2) is 9.59 Å². The monoisotopic (exact) mass is 391 g/mol. The lowest BCUT2D eigenvalue weighted by atomic mass is 9.43. The Labute approximate surface area is 170 Å². The highest BCUT2D eigenvalue weighted by atomic mass is 16.6. The first-order chi connectivity index (χ1) is 14.1. The molecular formula is C24H25NO4. The van der Waals surface area contributed by atoms with Crippen LogP contribution >= 0.6 is 0 Å². The molecule has 0 saturated heterocycles. The van der Waals surface area contributed by atoms with Gasteiger partial charge in [0.1, 0.15) is 12.6 Å². The van der Waals surface area contributed by atoms with E-state index >= 15 is 0 Å². The van der Waals surface area contributed by atoms with Crippen LogP contribution in [0.2, 0.25) is 0 Å². The summed E-state index contributed by atoms with van der Waals surface area (Å²) in [6, 6.07) is 15.8. The Morgan fingerprint density at radius 2 is 1.62 bits per heavy atom. The predicted molar refractivity (Wildman–Crippen MR) is 108 cm³/mol. The number of esters is 1. The summed E-state index contributed by atoms with van der Waals surface area (Å²) in [5.74, 6) is 0.424. The van der Waals surface area contributed by atoms with Crippen LogP contribution in [0.15, 0.2) is 48.5 Å². The third kappa shape index (κ3) is 3.09. The van der Waals surface area contributed by atoms with Gasteiger partial charge in [0.2, 0.25) is 0 Å². The smallest absolute Gasteiger partial charge is 0.407 e. The van der Waals surface area contributed by atoms with Crippen molar-refractivity contribution in [2.75, 3.05) is 13.7 Å². The predicted octanol–water partition coefficient (Wildman–Crippen LogP) is 4.26. The lowest BCUT2D eigenvalue weighted by molar-refractivity contribution is -0.152. The van der Waals surface area contributed by atoms with Crippen molar-refractivity contribution in [2.45, 2.75) is 37.6 Å². The molecule has 2 bridgehead atoms. The van der Waals surface area contributed by atoms with E-state index in [0.29, 0.717) is 6.42 Å². The van der Waals surface area contributed by atoms with Gasteiger partial charge in [-0.05, 0) is 59.3 Å². The highest BCUT2D eigenvalue weighted by Gasteiger charge is 2.57. The van der Waals surface area contributed by atoms with E-state index in [1.807, 2.05) is 24.3 Å². The Hall–Kier alpha value is -2.82. The Bertz CT molecular complexity index is 906. The Morgan fingerprint density at radius 1 is 1.03 bits per heavy atom. The molecule has 0 heterocycles. The molecule has 150 valence electrons. The zero-order chi connectivity index (χ0) is 20.0. The fourth-order valence-corrected chi connectivity index (χ4v) is 5.46. The second-order valence-corrected chi connectivity index (χ2v) is 8.73. The number of amides is 1. The molecule has 2 aromatic rings. The van der Waals surface area contributed by atoms with E-state index in [1.165, 1.54) is 29.4 Å². The third-order valence-electron chi connectivity index (χ3n) is 6.92. The van der Waals surface area contributed by atoms with E-state index in [0.717, 1.165) is 25.2 Å². The summed E-state index contributed by atoms with van der Waals surface area (Å²) in [6.45, 7) is 0.237. The number of ether oxygens (including phenoxy) is 2. The number of alkyl carbamates (subject to hydrolysis) is 1. The Balaban J connectivity index is 1.26. The second kappa shape index (κ2) is 6.90. The average Bonchev–Trinajstić information content (AvgIpc) is 3.00. The Morgan fingerprint density at radius 3 is 2.14 bits per heavy atom. The normalized spacial score (nSPS) is 24.4. The van der Waals surface area contributed by atoms with Crippen molar-refractivity contribution < 1.29 is 19.1 Å². The lowest BCUT2D eigenvalue weighted by Gasteiger charge is -2.62. The van der Waals surface area contributed by atoms with Crippen LogP contribution in [0.3, 0.4) is 0 Å². The molecule has 4 aliphatic carbocycles. The van der Waals surface area contributed by atoms with Gasteiger partial charge in [0, 0.05) is 5.92 Å². The van der Waals surface area contributed by atoms with Crippen molar-refractivity contribution in [1.82, 2.24) is 5.32 Å². The summed E-state index contributed by atoms with van der Waals surface area (Å²) < 4.78 is 10.5. The first-order valence-electron chi connectivity index (χ1n) is 10.3. The maximum Gasteiger partial charge on any atom is 0.407 e. The number of fused-ring (bicyclic) bond motifs is 3. The fourth-order valence-electron chi connectivity index (χ4n) is 5.46. The van der Waals surface area contributed by atoms with Crippen LogP contribution in [0.25, 0.3) is 11.1 Å². The molecule has 4 aliphatic rings. The largest absolute Gasteiger partial charge is 0.467 e. The molecule has 0 spiro atoms. The van der Waals surface area contributed by atoms with Crippen molar-refractivity contribution >= 4 is 12.1 Å². The molecule has 1 atom stereocenters. The van der Waals surface area contributed by atoms with Crippen molar-refractivity contribution in [3.63, 3.8) is 0 Å².